The molecule has 0 bridgehead atoms. The minimum atomic E-state index is -0.0622. The van der Waals surface area contributed by atoms with E-state index >= 15 is 0 Å². The Hall–Kier alpha value is -1.23. The number of nitrogens with zero attached hydrogens (tertiary/aromatic N) is 1. The fourth-order valence-electron chi connectivity index (χ4n) is 2.26. The second-order valence-corrected chi connectivity index (χ2v) is 4.69. The van der Waals surface area contributed by atoms with Crippen LogP contribution in [-0.4, -0.2) is 43.2 Å². The number of hydrogen-bond donors (Lipinski definition) is 1. The topological polar surface area (TPSA) is 64.8 Å². The molecule has 1 amide bonds. The van der Waals surface area contributed by atoms with Crippen molar-refractivity contribution in [3.8, 4) is 0 Å². The van der Waals surface area contributed by atoms with Crippen LogP contribution in [-0.2, 0) is 14.3 Å². The van der Waals surface area contributed by atoms with E-state index in [4.69, 9.17) is 15.2 Å². The van der Waals surface area contributed by atoms with Gasteiger partial charge in [0.15, 0.2) is 0 Å². The molecule has 1 atom stereocenters. The zero-order valence-electron chi connectivity index (χ0n) is 10.2. The lowest BCUT2D eigenvalue weighted by molar-refractivity contribution is -0.133. The standard InChI is InChI=1S/C12H20N2O3/c1-9(13)10-2-4-14(5-3-10)12(15)11-8-16-6-7-17-11/h8-10H,2-7,13H2,1H3. The lowest BCUT2D eigenvalue weighted by Gasteiger charge is -2.34. The summed E-state index contributed by atoms with van der Waals surface area (Å²) in [4.78, 5) is 13.9. The molecule has 0 aromatic carbocycles. The monoisotopic (exact) mass is 240 g/mol. The van der Waals surface area contributed by atoms with E-state index in [2.05, 4.69) is 0 Å². The second-order valence-electron chi connectivity index (χ2n) is 4.69. The van der Waals surface area contributed by atoms with Gasteiger partial charge in [0.25, 0.3) is 5.91 Å². The smallest absolute Gasteiger partial charge is 0.292 e. The predicted octanol–water partition coefficient (Wildman–Crippen LogP) is 0.460. The van der Waals surface area contributed by atoms with Crippen LogP contribution in [0.25, 0.3) is 0 Å². The minimum absolute atomic E-state index is 0.0622. The summed E-state index contributed by atoms with van der Waals surface area (Å²) in [6.07, 6.45) is 3.36. The van der Waals surface area contributed by atoms with Gasteiger partial charge in [0.05, 0.1) is 0 Å². The summed E-state index contributed by atoms with van der Waals surface area (Å²) < 4.78 is 10.4. The number of ether oxygens (including phenoxy) is 2. The van der Waals surface area contributed by atoms with Gasteiger partial charge in [-0.2, -0.15) is 0 Å². The first-order chi connectivity index (χ1) is 8.18. The van der Waals surface area contributed by atoms with Crippen LogP contribution in [0.2, 0.25) is 0 Å². The first kappa shape index (κ1) is 12.2. The molecule has 96 valence electrons. The third-order valence-corrected chi connectivity index (χ3v) is 3.43. The van der Waals surface area contributed by atoms with Crippen LogP contribution in [0.1, 0.15) is 19.8 Å². The summed E-state index contributed by atoms with van der Waals surface area (Å²) in [7, 11) is 0. The first-order valence-corrected chi connectivity index (χ1v) is 6.18. The number of nitrogens with two attached hydrogens (primary N) is 1. The largest absolute Gasteiger partial charge is 0.494 e. The number of carbonyl (C=O) groups excluding carboxylic acids is 1. The number of piperidine rings is 1. The maximum absolute atomic E-state index is 12.1. The molecule has 0 radical (unpaired) electrons. The number of hydrogen-bond acceptors (Lipinski definition) is 4. The summed E-state index contributed by atoms with van der Waals surface area (Å²) in [5, 5.41) is 0. The average Bonchev–Trinajstić information content (AvgIpc) is 2.39. The van der Waals surface area contributed by atoms with E-state index in [-0.39, 0.29) is 11.9 Å². The molecule has 0 saturated carbocycles. The number of amides is 1. The quantitative estimate of drug-likeness (QED) is 0.761. The zero-order chi connectivity index (χ0) is 12.3. The van der Waals surface area contributed by atoms with Crippen LogP contribution in [0.4, 0.5) is 0 Å². The van der Waals surface area contributed by atoms with E-state index in [1.54, 1.807) is 0 Å². The van der Waals surface area contributed by atoms with Crippen LogP contribution >= 0.6 is 0 Å². The zero-order valence-corrected chi connectivity index (χ0v) is 10.2. The molecule has 2 aliphatic rings. The van der Waals surface area contributed by atoms with E-state index in [0.29, 0.717) is 24.9 Å². The number of rotatable bonds is 2. The van der Waals surface area contributed by atoms with Gasteiger partial charge in [-0.25, -0.2) is 0 Å². The average molecular weight is 240 g/mol. The van der Waals surface area contributed by atoms with E-state index in [1.165, 1.54) is 6.26 Å². The number of carbonyl (C=O) groups is 1. The molecule has 1 saturated heterocycles. The van der Waals surface area contributed by atoms with Gasteiger partial charge >= 0.3 is 0 Å². The van der Waals surface area contributed by atoms with Gasteiger partial charge in [-0.3, -0.25) is 4.79 Å². The Bertz CT molecular complexity index is 307. The Balaban J connectivity index is 1.88. The lowest BCUT2D eigenvalue weighted by atomic mass is 9.91. The van der Waals surface area contributed by atoms with E-state index in [0.717, 1.165) is 25.9 Å². The molecule has 2 N–H and O–H groups in total. The molecule has 0 aromatic heterocycles. The van der Waals surface area contributed by atoms with E-state index < -0.39 is 0 Å². The van der Waals surface area contributed by atoms with Crippen LogP contribution < -0.4 is 5.73 Å². The van der Waals surface area contributed by atoms with Crippen molar-refractivity contribution >= 4 is 5.91 Å². The molecule has 5 nitrogen and oxygen atoms in total. The van der Waals surface area contributed by atoms with Crippen molar-refractivity contribution in [2.24, 2.45) is 11.7 Å². The molecule has 5 heteroatoms. The third kappa shape index (κ3) is 2.91. The van der Waals surface area contributed by atoms with Gasteiger partial charge in [-0.15, -0.1) is 0 Å². The molecular formula is C12H20N2O3. The van der Waals surface area contributed by atoms with Gasteiger partial charge in [0, 0.05) is 19.1 Å². The van der Waals surface area contributed by atoms with Crippen LogP contribution in [0.15, 0.2) is 12.0 Å². The molecule has 1 unspecified atom stereocenters. The summed E-state index contributed by atoms with van der Waals surface area (Å²) in [5.41, 5.74) is 5.87. The molecular weight excluding hydrogens is 220 g/mol. The SMILES string of the molecule is CC(N)C1CCN(C(=O)C2=COCCO2)CC1. The third-order valence-electron chi connectivity index (χ3n) is 3.43. The lowest BCUT2D eigenvalue weighted by Crippen LogP contribution is -2.43. The molecule has 1 fully saturated rings. The molecule has 2 rings (SSSR count). The summed E-state index contributed by atoms with van der Waals surface area (Å²) in [5.74, 6) is 0.792. The molecule has 2 aliphatic heterocycles. The van der Waals surface area contributed by atoms with Crippen LogP contribution in [0, 0.1) is 5.92 Å². The van der Waals surface area contributed by atoms with Crippen molar-refractivity contribution in [3.05, 3.63) is 12.0 Å². The van der Waals surface area contributed by atoms with Crippen molar-refractivity contribution in [1.82, 2.24) is 4.90 Å². The first-order valence-electron chi connectivity index (χ1n) is 6.18. The highest BCUT2D eigenvalue weighted by Crippen LogP contribution is 2.21. The molecule has 17 heavy (non-hydrogen) atoms. The van der Waals surface area contributed by atoms with Crippen LogP contribution in [0.3, 0.4) is 0 Å². The Morgan fingerprint density at radius 1 is 1.47 bits per heavy atom. The van der Waals surface area contributed by atoms with Gasteiger partial charge in [-0.05, 0) is 25.7 Å². The van der Waals surface area contributed by atoms with Crippen molar-refractivity contribution in [2.75, 3.05) is 26.3 Å². The van der Waals surface area contributed by atoms with E-state index in [1.807, 2.05) is 11.8 Å². The highest BCUT2D eigenvalue weighted by molar-refractivity contribution is 5.91. The predicted molar refractivity (Wildman–Crippen MR) is 62.9 cm³/mol. The molecule has 2 heterocycles. The molecule has 0 aliphatic carbocycles. The van der Waals surface area contributed by atoms with Crippen molar-refractivity contribution in [2.45, 2.75) is 25.8 Å². The second kappa shape index (κ2) is 5.40. The fourth-order valence-corrected chi connectivity index (χ4v) is 2.26. The Morgan fingerprint density at radius 3 is 2.71 bits per heavy atom. The van der Waals surface area contributed by atoms with Gasteiger partial charge in [-0.1, -0.05) is 0 Å². The van der Waals surface area contributed by atoms with Crippen molar-refractivity contribution in [1.29, 1.82) is 0 Å². The summed E-state index contributed by atoms with van der Waals surface area (Å²) in [6.45, 7) is 4.51. The summed E-state index contributed by atoms with van der Waals surface area (Å²) in [6, 6.07) is 0.209. The molecule has 0 spiro atoms. The van der Waals surface area contributed by atoms with Crippen molar-refractivity contribution in [3.63, 3.8) is 0 Å². The fraction of sp³-hybridized carbons (Fsp3) is 0.750. The van der Waals surface area contributed by atoms with Crippen molar-refractivity contribution < 1.29 is 14.3 Å². The maximum atomic E-state index is 12.1. The van der Waals surface area contributed by atoms with Crippen LogP contribution in [0.5, 0.6) is 0 Å². The summed E-state index contributed by atoms with van der Waals surface area (Å²) >= 11 is 0. The maximum Gasteiger partial charge on any atom is 0.292 e. The minimum Gasteiger partial charge on any atom is -0.494 e. The normalized spacial score (nSPS) is 23.4. The van der Waals surface area contributed by atoms with Gasteiger partial charge in [0.2, 0.25) is 5.76 Å². The highest BCUT2D eigenvalue weighted by Gasteiger charge is 2.28. The highest BCUT2D eigenvalue weighted by atomic mass is 16.6. The Kier molecular flexibility index (Phi) is 3.89. The molecule has 0 aromatic rings. The van der Waals surface area contributed by atoms with Gasteiger partial charge < -0.3 is 20.1 Å². The van der Waals surface area contributed by atoms with E-state index in [9.17, 15) is 4.79 Å². The number of likely N-dealkylation sites (tertiary alicyclic amines) is 1. The Morgan fingerprint density at radius 2 is 2.18 bits per heavy atom. The van der Waals surface area contributed by atoms with Gasteiger partial charge in [0.1, 0.15) is 19.5 Å². The Labute approximate surface area is 102 Å².